The predicted molar refractivity (Wildman–Crippen MR) is 121 cm³/mol. The van der Waals surface area contributed by atoms with E-state index in [-0.39, 0.29) is 24.0 Å². The summed E-state index contributed by atoms with van der Waals surface area (Å²) in [5, 5.41) is 5.95. The number of piperidine rings is 2. The van der Waals surface area contributed by atoms with Crippen molar-refractivity contribution in [3.05, 3.63) is 29.8 Å². The zero-order valence-corrected chi connectivity index (χ0v) is 18.9. The lowest BCUT2D eigenvalue weighted by Crippen LogP contribution is -2.49. The van der Waals surface area contributed by atoms with Crippen LogP contribution in [-0.2, 0) is 0 Å². The van der Waals surface area contributed by atoms with E-state index in [2.05, 4.69) is 33.5 Å². The number of carbonyl (C=O) groups excluding carboxylic acids is 2. The maximum atomic E-state index is 13.3. The number of anilines is 1. The zero-order valence-electron chi connectivity index (χ0n) is 18.9. The Morgan fingerprint density at radius 1 is 1.03 bits per heavy atom. The number of likely N-dealkylation sites (tertiary alicyclic amines) is 1. The van der Waals surface area contributed by atoms with Gasteiger partial charge in [-0.2, -0.15) is 0 Å². The molecule has 2 aliphatic rings. The Balaban J connectivity index is 1.61. The molecule has 2 saturated heterocycles. The van der Waals surface area contributed by atoms with Crippen LogP contribution in [0, 0.1) is 0 Å². The Bertz CT molecular complexity index is 722. The van der Waals surface area contributed by atoms with Gasteiger partial charge in [0.05, 0.1) is 5.56 Å². The van der Waals surface area contributed by atoms with Crippen LogP contribution in [0.3, 0.4) is 0 Å². The van der Waals surface area contributed by atoms with Crippen molar-refractivity contribution in [1.29, 1.82) is 0 Å². The maximum absolute atomic E-state index is 13.3. The van der Waals surface area contributed by atoms with Crippen molar-refractivity contribution >= 4 is 17.6 Å². The highest BCUT2D eigenvalue weighted by Gasteiger charge is 2.28. The van der Waals surface area contributed by atoms with Crippen molar-refractivity contribution in [3.63, 3.8) is 0 Å². The molecule has 2 fully saturated rings. The van der Waals surface area contributed by atoms with Crippen molar-refractivity contribution in [1.82, 2.24) is 20.4 Å². The molecule has 0 saturated carbocycles. The molecule has 7 heteroatoms. The molecule has 0 aromatic heterocycles. The topological polar surface area (TPSA) is 67.9 Å². The molecular weight excluding hydrogens is 378 g/mol. The number of rotatable bonds is 5. The Hall–Kier alpha value is -2.28. The highest BCUT2D eigenvalue weighted by atomic mass is 16.2. The van der Waals surface area contributed by atoms with Gasteiger partial charge in [0, 0.05) is 44.0 Å². The van der Waals surface area contributed by atoms with Gasteiger partial charge < -0.3 is 25.3 Å². The number of carbonyl (C=O) groups is 2. The average Bonchev–Trinajstić information content (AvgIpc) is 2.73. The summed E-state index contributed by atoms with van der Waals surface area (Å²) in [6, 6.07) is 8.45. The van der Waals surface area contributed by atoms with E-state index in [4.69, 9.17) is 0 Å². The smallest absolute Gasteiger partial charge is 0.315 e. The fourth-order valence-corrected chi connectivity index (χ4v) is 4.42. The van der Waals surface area contributed by atoms with Crippen LogP contribution in [0.4, 0.5) is 10.5 Å². The van der Waals surface area contributed by atoms with E-state index in [0.717, 1.165) is 63.1 Å². The molecule has 3 amide bonds. The van der Waals surface area contributed by atoms with Crippen LogP contribution < -0.4 is 15.5 Å². The van der Waals surface area contributed by atoms with Crippen molar-refractivity contribution in [3.8, 4) is 0 Å². The molecule has 0 atom stereocenters. The minimum Gasteiger partial charge on any atom is -0.371 e. The first-order valence-corrected chi connectivity index (χ1v) is 11.2. The number of para-hydroxylation sites is 1. The number of nitrogens with one attached hydrogen (secondary N) is 2. The largest absolute Gasteiger partial charge is 0.371 e. The van der Waals surface area contributed by atoms with Crippen molar-refractivity contribution in [2.24, 2.45) is 0 Å². The van der Waals surface area contributed by atoms with Crippen LogP contribution in [0.1, 0.15) is 49.9 Å². The van der Waals surface area contributed by atoms with Crippen molar-refractivity contribution in [2.45, 2.75) is 57.7 Å². The van der Waals surface area contributed by atoms with Gasteiger partial charge in [-0.05, 0) is 71.8 Å². The van der Waals surface area contributed by atoms with Crippen LogP contribution in [0.15, 0.2) is 24.3 Å². The van der Waals surface area contributed by atoms with Gasteiger partial charge in [0.2, 0.25) is 0 Å². The molecule has 0 spiro atoms. The summed E-state index contributed by atoms with van der Waals surface area (Å²) in [5.41, 5.74) is 1.79. The predicted octanol–water partition coefficient (Wildman–Crippen LogP) is 2.53. The maximum Gasteiger partial charge on any atom is 0.315 e. The molecule has 2 aliphatic heterocycles. The van der Waals surface area contributed by atoms with Gasteiger partial charge in [0.1, 0.15) is 0 Å². The summed E-state index contributed by atoms with van der Waals surface area (Å²) in [6.45, 7) is 7.64. The first kappa shape index (κ1) is 22.4. The van der Waals surface area contributed by atoms with E-state index >= 15 is 0 Å². The fraction of sp³-hybridized carbons (Fsp3) is 0.652. The second kappa shape index (κ2) is 10.2. The molecule has 1 aromatic carbocycles. The molecule has 2 heterocycles. The summed E-state index contributed by atoms with van der Waals surface area (Å²) in [7, 11) is 4.08. The Morgan fingerprint density at radius 2 is 1.67 bits per heavy atom. The minimum absolute atomic E-state index is 0.0984. The Morgan fingerprint density at radius 3 is 2.30 bits per heavy atom. The molecule has 166 valence electrons. The van der Waals surface area contributed by atoms with Crippen LogP contribution in [0.25, 0.3) is 0 Å². The fourth-order valence-electron chi connectivity index (χ4n) is 4.42. The normalized spacial score (nSPS) is 19.0. The van der Waals surface area contributed by atoms with Crippen LogP contribution in [-0.4, -0.2) is 80.1 Å². The van der Waals surface area contributed by atoms with Gasteiger partial charge in [-0.1, -0.05) is 12.1 Å². The SMILES string of the molecule is CC(C)NC(=O)NC1CCN(c2ccccc2C(=O)N(C)C2CCN(C)CC2)CC1. The first-order chi connectivity index (χ1) is 14.3. The van der Waals surface area contributed by atoms with Gasteiger partial charge in [0.15, 0.2) is 0 Å². The lowest BCUT2D eigenvalue weighted by atomic mass is 10.0. The molecule has 0 radical (unpaired) electrons. The Labute approximate surface area is 180 Å². The van der Waals surface area contributed by atoms with E-state index < -0.39 is 0 Å². The minimum atomic E-state index is -0.0984. The van der Waals surface area contributed by atoms with Gasteiger partial charge in [-0.3, -0.25) is 4.79 Å². The van der Waals surface area contributed by atoms with Crippen LogP contribution >= 0.6 is 0 Å². The third kappa shape index (κ3) is 5.65. The summed E-state index contributed by atoms with van der Waals surface area (Å²) in [6.07, 6.45) is 3.80. The second-order valence-corrected chi connectivity index (χ2v) is 9.00. The number of hydrogen-bond acceptors (Lipinski definition) is 4. The third-order valence-corrected chi connectivity index (χ3v) is 6.28. The molecule has 2 N–H and O–H groups in total. The van der Waals surface area contributed by atoms with Gasteiger partial charge in [-0.25, -0.2) is 4.79 Å². The number of benzene rings is 1. The van der Waals surface area contributed by atoms with Gasteiger partial charge in [-0.15, -0.1) is 0 Å². The first-order valence-electron chi connectivity index (χ1n) is 11.2. The molecule has 3 rings (SSSR count). The molecule has 0 bridgehead atoms. The van der Waals surface area contributed by atoms with E-state index in [9.17, 15) is 9.59 Å². The monoisotopic (exact) mass is 415 g/mol. The highest BCUT2D eigenvalue weighted by molar-refractivity contribution is 6.00. The molecule has 0 unspecified atom stereocenters. The van der Waals surface area contributed by atoms with Gasteiger partial charge >= 0.3 is 6.03 Å². The molecular formula is C23H37N5O2. The number of urea groups is 1. The molecule has 1 aromatic rings. The number of amides is 3. The van der Waals surface area contributed by atoms with Crippen molar-refractivity contribution in [2.75, 3.05) is 45.2 Å². The summed E-state index contributed by atoms with van der Waals surface area (Å²) in [4.78, 5) is 31.8. The van der Waals surface area contributed by atoms with E-state index in [1.54, 1.807) is 0 Å². The molecule has 0 aliphatic carbocycles. The standard InChI is InChI=1S/C23H37N5O2/c1-17(2)24-23(30)25-18-9-15-28(16-10-18)21-8-6-5-7-20(21)22(29)27(4)19-11-13-26(3)14-12-19/h5-8,17-19H,9-16H2,1-4H3,(H2,24,25,30). The van der Waals surface area contributed by atoms with Crippen LogP contribution in [0.2, 0.25) is 0 Å². The molecule has 30 heavy (non-hydrogen) atoms. The van der Waals surface area contributed by atoms with E-state index in [1.165, 1.54) is 0 Å². The lowest BCUT2D eigenvalue weighted by Gasteiger charge is -2.37. The second-order valence-electron chi connectivity index (χ2n) is 9.00. The highest BCUT2D eigenvalue weighted by Crippen LogP contribution is 2.27. The van der Waals surface area contributed by atoms with E-state index in [0.29, 0.717) is 6.04 Å². The lowest BCUT2D eigenvalue weighted by molar-refractivity contribution is 0.0660. The zero-order chi connectivity index (χ0) is 21.7. The summed E-state index contributed by atoms with van der Waals surface area (Å²) < 4.78 is 0. The van der Waals surface area contributed by atoms with Gasteiger partial charge in [0.25, 0.3) is 5.91 Å². The number of hydrogen-bond donors (Lipinski definition) is 2. The van der Waals surface area contributed by atoms with Crippen LogP contribution in [0.5, 0.6) is 0 Å². The average molecular weight is 416 g/mol. The quantitative estimate of drug-likeness (QED) is 0.776. The van der Waals surface area contributed by atoms with E-state index in [1.807, 2.05) is 44.0 Å². The van der Waals surface area contributed by atoms with Crippen molar-refractivity contribution < 1.29 is 9.59 Å². The summed E-state index contributed by atoms with van der Waals surface area (Å²) >= 11 is 0. The molecule has 7 nitrogen and oxygen atoms in total. The number of nitrogens with zero attached hydrogens (tertiary/aromatic N) is 3. The summed E-state index contributed by atoms with van der Waals surface area (Å²) in [5.74, 6) is 0.108. The third-order valence-electron chi connectivity index (χ3n) is 6.28. The Kier molecular flexibility index (Phi) is 7.58.